The van der Waals surface area contributed by atoms with Crippen LogP contribution in [0, 0.1) is 5.92 Å². The minimum Gasteiger partial charge on any atom is -0.343 e. The number of anilines is 1. The van der Waals surface area contributed by atoms with Crippen molar-refractivity contribution in [3.05, 3.63) is 30.3 Å². The van der Waals surface area contributed by atoms with Crippen molar-refractivity contribution < 1.29 is 14.4 Å². The van der Waals surface area contributed by atoms with Crippen LogP contribution in [-0.2, 0) is 14.4 Å². The third-order valence-electron chi connectivity index (χ3n) is 6.21. The number of hydrogen-bond donors (Lipinski definition) is 3. The standard InChI is InChI=1S/C23H32N6O3S/c1-5-14(2)18(25-20(30)15(3)24-4)23(32)29-13-9-12-17(29)21(31)26-22-19(27-28-33-22)16-10-7-6-8-11-16/h6-8,10-11,14-15,17-18,24H,5,9,12-13H2,1-4H3,(H,25,30)(H,26,31)/t14-,15+,17+,18+/m1/s1. The molecule has 3 N–H and O–H groups in total. The first-order valence-electron chi connectivity index (χ1n) is 11.3. The molecule has 0 bridgehead atoms. The minimum absolute atomic E-state index is 0.0646. The van der Waals surface area contributed by atoms with Crippen molar-refractivity contribution in [1.82, 2.24) is 25.1 Å². The van der Waals surface area contributed by atoms with Crippen LogP contribution in [0.15, 0.2) is 30.3 Å². The summed E-state index contributed by atoms with van der Waals surface area (Å²) in [6.45, 7) is 6.14. The predicted molar refractivity (Wildman–Crippen MR) is 129 cm³/mol. The molecular formula is C23H32N6O3S. The van der Waals surface area contributed by atoms with Gasteiger partial charge < -0.3 is 20.9 Å². The van der Waals surface area contributed by atoms with Gasteiger partial charge in [-0.1, -0.05) is 55.1 Å². The second-order valence-electron chi connectivity index (χ2n) is 8.38. The maximum absolute atomic E-state index is 13.5. The number of amides is 3. The Morgan fingerprint density at radius 3 is 2.61 bits per heavy atom. The first-order chi connectivity index (χ1) is 15.9. The maximum atomic E-state index is 13.5. The molecule has 1 saturated heterocycles. The molecule has 3 amide bonds. The fourth-order valence-corrected chi connectivity index (χ4v) is 4.42. The van der Waals surface area contributed by atoms with Gasteiger partial charge in [-0.3, -0.25) is 14.4 Å². The Hall–Kier alpha value is -2.85. The highest BCUT2D eigenvalue weighted by Crippen LogP contribution is 2.30. The normalized spacial score (nSPS) is 18.4. The number of hydrogen-bond acceptors (Lipinski definition) is 7. The third kappa shape index (κ3) is 5.75. The zero-order valence-electron chi connectivity index (χ0n) is 19.5. The maximum Gasteiger partial charge on any atom is 0.247 e. The molecule has 0 spiro atoms. The third-order valence-corrected chi connectivity index (χ3v) is 6.85. The molecule has 178 valence electrons. The van der Waals surface area contributed by atoms with E-state index >= 15 is 0 Å². The summed E-state index contributed by atoms with van der Waals surface area (Å²) in [5.74, 6) is -0.781. The van der Waals surface area contributed by atoms with Gasteiger partial charge in [0.15, 0.2) is 0 Å². The summed E-state index contributed by atoms with van der Waals surface area (Å²) >= 11 is 1.11. The van der Waals surface area contributed by atoms with E-state index in [0.717, 1.165) is 29.9 Å². The van der Waals surface area contributed by atoms with Crippen LogP contribution in [0.2, 0.25) is 0 Å². The molecule has 1 aromatic carbocycles. The molecule has 1 aromatic heterocycles. The van der Waals surface area contributed by atoms with E-state index in [2.05, 4.69) is 25.5 Å². The molecule has 1 fully saturated rings. The van der Waals surface area contributed by atoms with Gasteiger partial charge in [-0.05, 0) is 32.7 Å². The van der Waals surface area contributed by atoms with E-state index in [0.29, 0.717) is 23.7 Å². The molecule has 9 nitrogen and oxygen atoms in total. The number of nitrogens with one attached hydrogen (secondary N) is 3. The monoisotopic (exact) mass is 472 g/mol. The van der Waals surface area contributed by atoms with Crippen molar-refractivity contribution in [2.24, 2.45) is 5.92 Å². The molecule has 4 atom stereocenters. The Kier molecular flexibility index (Phi) is 8.51. The molecule has 1 aliphatic heterocycles. The minimum atomic E-state index is -0.684. The average molecular weight is 473 g/mol. The lowest BCUT2D eigenvalue weighted by Crippen LogP contribution is -2.57. The SMILES string of the molecule is CC[C@@H](C)[C@H](NC(=O)[C@H](C)NC)C(=O)N1CCC[C@H]1C(=O)Nc1snnc1-c1ccccc1. The number of rotatable bonds is 9. The number of aromatic nitrogens is 2. The topological polar surface area (TPSA) is 116 Å². The van der Waals surface area contributed by atoms with Crippen LogP contribution in [0.5, 0.6) is 0 Å². The quantitative estimate of drug-likeness (QED) is 0.516. The lowest BCUT2D eigenvalue weighted by atomic mass is 9.97. The van der Waals surface area contributed by atoms with Crippen molar-refractivity contribution in [3.63, 3.8) is 0 Å². The largest absolute Gasteiger partial charge is 0.343 e. The van der Waals surface area contributed by atoms with Gasteiger partial charge in [0.25, 0.3) is 0 Å². The molecule has 0 aliphatic carbocycles. The van der Waals surface area contributed by atoms with Gasteiger partial charge in [0.1, 0.15) is 22.8 Å². The number of carbonyl (C=O) groups is 3. The van der Waals surface area contributed by atoms with Crippen molar-refractivity contribution in [1.29, 1.82) is 0 Å². The summed E-state index contributed by atoms with van der Waals surface area (Å²) < 4.78 is 4.00. The molecule has 0 unspecified atom stereocenters. The highest BCUT2D eigenvalue weighted by atomic mass is 32.1. The lowest BCUT2D eigenvalue weighted by molar-refractivity contribution is -0.141. The first kappa shape index (κ1) is 24.8. The molecule has 2 aromatic rings. The van der Waals surface area contributed by atoms with Crippen LogP contribution in [0.1, 0.15) is 40.0 Å². The van der Waals surface area contributed by atoms with E-state index in [1.54, 1.807) is 18.9 Å². The van der Waals surface area contributed by atoms with Gasteiger partial charge in [0, 0.05) is 23.6 Å². The molecule has 10 heteroatoms. The van der Waals surface area contributed by atoms with E-state index in [1.165, 1.54) is 0 Å². The van der Waals surface area contributed by atoms with Crippen LogP contribution in [0.3, 0.4) is 0 Å². The molecule has 2 heterocycles. The lowest BCUT2D eigenvalue weighted by Gasteiger charge is -2.31. The summed E-state index contributed by atoms with van der Waals surface area (Å²) in [4.78, 5) is 40.8. The zero-order chi connectivity index (χ0) is 24.0. The van der Waals surface area contributed by atoms with E-state index in [4.69, 9.17) is 0 Å². The summed E-state index contributed by atoms with van der Waals surface area (Å²) in [6.07, 6.45) is 2.02. The molecule has 3 rings (SSSR count). The fourth-order valence-electron chi connectivity index (χ4n) is 3.83. The summed E-state index contributed by atoms with van der Waals surface area (Å²) in [7, 11) is 1.70. The Bertz CT molecular complexity index is 966. The summed E-state index contributed by atoms with van der Waals surface area (Å²) in [5, 5.41) is 13.4. The average Bonchev–Trinajstić information content (AvgIpc) is 3.51. The highest BCUT2D eigenvalue weighted by Gasteiger charge is 2.39. The van der Waals surface area contributed by atoms with Gasteiger partial charge in [0.05, 0.1) is 6.04 Å². The Labute approximate surface area is 198 Å². The van der Waals surface area contributed by atoms with Gasteiger partial charge in [0.2, 0.25) is 17.7 Å². The number of carbonyl (C=O) groups excluding carboxylic acids is 3. The summed E-state index contributed by atoms with van der Waals surface area (Å²) in [5.41, 5.74) is 1.47. The molecule has 0 saturated carbocycles. The number of likely N-dealkylation sites (N-methyl/N-ethyl adjacent to an activating group) is 1. The number of nitrogens with zero attached hydrogens (tertiary/aromatic N) is 3. The molecule has 33 heavy (non-hydrogen) atoms. The van der Waals surface area contributed by atoms with Crippen molar-refractivity contribution in [2.75, 3.05) is 18.9 Å². The van der Waals surface area contributed by atoms with E-state index in [1.807, 2.05) is 44.2 Å². The number of likely N-dealkylation sites (tertiary alicyclic amines) is 1. The molecule has 1 aliphatic rings. The van der Waals surface area contributed by atoms with Gasteiger partial charge >= 0.3 is 0 Å². The van der Waals surface area contributed by atoms with Crippen LogP contribution in [0.25, 0.3) is 11.3 Å². The number of benzene rings is 1. The second kappa shape index (κ2) is 11.3. The van der Waals surface area contributed by atoms with Gasteiger partial charge in [-0.25, -0.2) is 0 Å². The first-order valence-corrected chi connectivity index (χ1v) is 12.1. The van der Waals surface area contributed by atoms with Crippen molar-refractivity contribution >= 4 is 34.3 Å². The van der Waals surface area contributed by atoms with E-state index < -0.39 is 18.1 Å². The van der Waals surface area contributed by atoms with Crippen molar-refractivity contribution in [3.8, 4) is 11.3 Å². The Morgan fingerprint density at radius 2 is 1.94 bits per heavy atom. The Balaban J connectivity index is 1.75. The van der Waals surface area contributed by atoms with E-state index in [-0.39, 0.29) is 23.6 Å². The van der Waals surface area contributed by atoms with Crippen LogP contribution >= 0.6 is 11.5 Å². The van der Waals surface area contributed by atoms with Crippen LogP contribution < -0.4 is 16.0 Å². The Morgan fingerprint density at radius 1 is 1.21 bits per heavy atom. The fraction of sp³-hybridized carbons (Fsp3) is 0.522. The van der Waals surface area contributed by atoms with Crippen molar-refractivity contribution in [2.45, 2.75) is 58.2 Å². The zero-order valence-corrected chi connectivity index (χ0v) is 20.3. The van der Waals surface area contributed by atoms with Crippen LogP contribution in [-0.4, -0.2) is 63.9 Å². The second-order valence-corrected chi connectivity index (χ2v) is 9.13. The van der Waals surface area contributed by atoms with Crippen LogP contribution in [0.4, 0.5) is 5.00 Å². The predicted octanol–water partition coefficient (Wildman–Crippen LogP) is 2.27. The molecular weight excluding hydrogens is 440 g/mol. The smallest absolute Gasteiger partial charge is 0.247 e. The molecule has 0 radical (unpaired) electrons. The van der Waals surface area contributed by atoms with E-state index in [9.17, 15) is 14.4 Å². The van der Waals surface area contributed by atoms with Gasteiger partial charge in [-0.15, -0.1) is 5.10 Å². The summed E-state index contributed by atoms with van der Waals surface area (Å²) in [6, 6.07) is 7.81. The highest BCUT2D eigenvalue weighted by molar-refractivity contribution is 7.10. The van der Waals surface area contributed by atoms with Gasteiger partial charge in [-0.2, -0.15) is 0 Å².